The van der Waals surface area contributed by atoms with Crippen molar-refractivity contribution in [2.75, 3.05) is 19.7 Å². The van der Waals surface area contributed by atoms with Gasteiger partial charge in [-0.05, 0) is 0 Å². The smallest absolute Gasteiger partial charge is 0.306 e. The van der Waals surface area contributed by atoms with Gasteiger partial charge in [0.2, 0.25) is 0 Å². The molecule has 1 saturated heterocycles. The molecule has 1 aliphatic rings. The first-order chi connectivity index (χ1) is 8.66. The van der Waals surface area contributed by atoms with Crippen LogP contribution in [0.25, 0.3) is 0 Å². The van der Waals surface area contributed by atoms with Gasteiger partial charge in [-0.1, -0.05) is 0 Å². The van der Waals surface area contributed by atoms with Crippen molar-refractivity contribution in [1.29, 1.82) is 0 Å². The number of carboxylic acids is 1. The average Bonchev–Trinajstić information content (AvgIpc) is 2.38. The van der Waals surface area contributed by atoms with Gasteiger partial charge in [-0.2, -0.15) is 0 Å². The normalized spacial score (nSPS) is 19.6. The van der Waals surface area contributed by atoms with Crippen LogP contribution in [0.2, 0.25) is 0 Å². The molecule has 18 heavy (non-hydrogen) atoms. The van der Waals surface area contributed by atoms with Crippen molar-refractivity contribution in [1.82, 2.24) is 14.9 Å². The van der Waals surface area contributed by atoms with Gasteiger partial charge in [0, 0.05) is 25.5 Å². The number of hydrogen-bond donors (Lipinski definition) is 1. The van der Waals surface area contributed by atoms with E-state index in [4.69, 9.17) is 9.84 Å². The molecule has 1 fully saturated rings. The molecular formula is C11H13N3O4. The summed E-state index contributed by atoms with van der Waals surface area (Å²) in [7, 11) is 0. The molecule has 0 aliphatic carbocycles. The lowest BCUT2D eigenvalue weighted by Gasteiger charge is -2.32. The molecular weight excluding hydrogens is 238 g/mol. The molecule has 0 spiro atoms. The van der Waals surface area contributed by atoms with Gasteiger partial charge in [0.25, 0.3) is 5.91 Å². The topological polar surface area (TPSA) is 92.6 Å². The number of morpholine rings is 1. The molecule has 1 aromatic rings. The van der Waals surface area contributed by atoms with E-state index >= 15 is 0 Å². The SMILES string of the molecule is O=C(O)CC1CN(C(=O)c2cncnc2)CCO1. The van der Waals surface area contributed by atoms with Gasteiger partial charge in [0.15, 0.2) is 0 Å². The highest BCUT2D eigenvalue weighted by Gasteiger charge is 2.26. The maximum absolute atomic E-state index is 12.1. The van der Waals surface area contributed by atoms with E-state index in [0.29, 0.717) is 18.7 Å². The Kier molecular flexibility index (Phi) is 3.83. The minimum atomic E-state index is -0.933. The zero-order chi connectivity index (χ0) is 13.0. The fraction of sp³-hybridized carbons (Fsp3) is 0.455. The molecule has 1 atom stereocenters. The molecule has 96 valence electrons. The van der Waals surface area contributed by atoms with Gasteiger partial charge < -0.3 is 14.7 Å². The van der Waals surface area contributed by atoms with Crippen LogP contribution in [0, 0.1) is 0 Å². The quantitative estimate of drug-likeness (QED) is 0.799. The Hall–Kier alpha value is -2.02. The number of ether oxygens (including phenoxy) is 1. The predicted octanol–water partition coefficient (Wildman–Crippen LogP) is -0.208. The third-order valence-electron chi connectivity index (χ3n) is 2.64. The molecule has 0 bridgehead atoms. The second-order valence-electron chi connectivity index (χ2n) is 3.97. The standard InChI is InChI=1S/C11H13N3O4/c15-10(16)3-9-6-14(1-2-18-9)11(17)8-4-12-7-13-5-8/h4-5,7,9H,1-3,6H2,(H,15,16). The Morgan fingerprint density at radius 2 is 2.17 bits per heavy atom. The highest BCUT2D eigenvalue weighted by Crippen LogP contribution is 2.11. The molecule has 2 heterocycles. The van der Waals surface area contributed by atoms with Crippen LogP contribution in [0.4, 0.5) is 0 Å². The van der Waals surface area contributed by atoms with E-state index in [0.717, 1.165) is 0 Å². The summed E-state index contributed by atoms with van der Waals surface area (Å²) in [5.41, 5.74) is 0.397. The second-order valence-corrected chi connectivity index (χ2v) is 3.97. The molecule has 0 radical (unpaired) electrons. The first kappa shape index (κ1) is 12.4. The first-order valence-electron chi connectivity index (χ1n) is 5.54. The van der Waals surface area contributed by atoms with Crippen molar-refractivity contribution in [3.8, 4) is 0 Å². The molecule has 1 aliphatic heterocycles. The summed E-state index contributed by atoms with van der Waals surface area (Å²) in [5, 5.41) is 8.70. The van der Waals surface area contributed by atoms with Gasteiger partial charge in [0.1, 0.15) is 6.33 Å². The number of aromatic nitrogens is 2. The lowest BCUT2D eigenvalue weighted by atomic mass is 10.2. The summed E-state index contributed by atoms with van der Waals surface area (Å²) in [6.07, 6.45) is 3.68. The fourth-order valence-corrected chi connectivity index (χ4v) is 1.81. The number of carbonyl (C=O) groups excluding carboxylic acids is 1. The van der Waals surface area contributed by atoms with Crippen LogP contribution in [0.5, 0.6) is 0 Å². The van der Waals surface area contributed by atoms with E-state index in [1.807, 2.05) is 0 Å². The highest BCUT2D eigenvalue weighted by molar-refractivity contribution is 5.93. The number of rotatable bonds is 3. The van der Waals surface area contributed by atoms with Crippen LogP contribution in [0.15, 0.2) is 18.7 Å². The number of aliphatic carboxylic acids is 1. The van der Waals surface area contributed by atoms with Crippen LogP contribution in [0.1, 0.15) is 16.8 Å². The lowest BCUT2D eigenvalue weighted by Crippen LogP contribution is -2.46. The molecule has 1 aromatic heterocycles. The molecule has 1 amide bonds. The Balaban J connectivity index is 2.00. The van der Waals surface area contributed by atoms with Gasteiger partial charge in [-0.25, -0.2) is 9.97 Å². The lowest BCUT2D eigenvalue weighted by molar-refractivity contribution is -0.141. The van der Waals surface area contributed by atoms with E-state index < -0.39 is 12.1 Å². The van der Waals surface area contributed by atoms with Crippen molar-refractivity contribution in [3.63, 3.8) is 0 Å². The first-order valence-corrected chi connectivity index (χ1v) is 5.54. The fourth-order valence-electron chi connectivity index (χ4n) is 1.81. The Bertz CT molecular complexity index is 437. The Labute approximate surface area is 103 Å². The van der Waals surface area contributed by atoms with E-state index in [9.17, 15) is 9.59 Å². The summed E-state index contributed by atoms with van der Waals surface area (Å²) in [4.78, 5) is 31.8. The molecule has 7 heteroatoms. The molecule has 1 N–H and O–H groups in total. The van der Waals surface area contributed by atoms with Gasteiger partial charge >= 0.3 is 5.97 Å². The van der Waals surface area contributed by atoms with E-state index in [1.165, 1.54) is 18.7 Å². The van der Waals surface area contributed by atoms with Gasteiger partial charge in [-0.15, -0.1) is 0 Å². The number of nitrogens with zero attached hydrogens (tertiary/aromatic N) is 3. The van der Waals surface area contributed by atoms with Crippen LogP contribution in [0.3, 0.4) is 0 Å². The minimum Gasteiger partial charge on any atom is -0.481 e. The van der Waals surface area contributed by atoms with Gasteiger partial charge in [0.05, 0.1) is 24.7 Å². The zero-order valence-corrected chi connectivity index (χ0v) is 9.65. The summed E-state index contributed by atoms with van der Waals surface area (Å²) in [6, 6.07) is 0. The van der Waals surface area contributed by atoms with E-state index in [2.05, 4.69) is 9.97 Å². The summed E-state index contributed by atoms with van der Waals surface area (Å²) >= 11 is 0. The molecule has 0 saturated carbocycles. The minimum absolute atomic E-state index is 0.102. The number of amides is 1. The third-order valence-corrected chi connectivity index (χ3v) is 2.64. The van der Waals surface area contributed by atoms with Crippen LogP contribution in [-0.2, 0) is 9.53 Å². The summed E-state index contributed by atoms with van der Waals surface area (Å²) in [6.45, 7) is 1.07. The van der Waals surface area contributed by atoms with Crippen LogP contribution in [-0.4, -0.2) is 57.7 Å². The average molecular weight is 251 g/mol. The number of carboxylic acid groups (broad SMARTS) is 1. The highest BCUT2D eigenvalue weighted by atomic mass is 16.5. The maximum Gasteiger partial charge on any atom is 0.306 e. The number of hydrogen-bond acceptors (Lipinski definition) is 5. The van der Waals surface area contributed by atoms with Crippen molar-refractivity contribution >= 4 is 11.9 Å². The summed E-state index contributed by atoms with van der Waals surface area (Å²) < 4.78 is 5.30. The second kappa shape index (κ2) is 5.54. The van der Waals surface area contributed by atoms with Crippen molar-refractivity contribution < 1.29 is 19.4 Å². The van der Waals surface area contributed by atoms with Gasteiger partial charge in [-0.3, -0.25) is 9.59 Å². The molecule has 1 unspecified atom stereocenters. The Morgan fingerprint density at radius 3 is 2.83 bits per heavy atom. The Morgan fingerprint density at radius 1 is 1.44 bits per heavy atom. The summed E-state index contributed by atoms with van der Waals surface area (Å²) in [5.74, 6) is -1.13. The molecule has 0 aromatic carbocycles. The monoisotopic (exact) mass is 251 g/mol. The van der Waals surface area contributed by atoms with Crippen molar-refractivity contribution in [3.05, 3.63) is 24.3 Å². The van der Waals surface area contributed by atoms with Crippen LogP contribution < -0.4 is 0 Å². The van der Waals surface area contributed by atoms with Crippen LogP contribution >= 0.6 is 0 Å². The molecule has 7 nitrogen and oxygen atoms in total. The largest absolute Gasteiger partial charge is 0.481 e. The molecule has 2 rings (SSSR count). The maximum atomic E-state index is 12.1. The van der Waals surface area contributed by atoms with Crippen molar-refractivity contribution in [2.45, 2.75) is 12.5 Å². The van der Waals surface area contributed by atoms with E-state index in [-0.39, 0.29) is 18.9 Å². The predicted molar refractivity (Wildman–Crippen MR) is 59.9 cm³/mol. The number of carbonyl (C=O) groups is 2. The third kappa shape index (κ3) is 3.01. The van der Waals surface area contributed by atoms with E-state index in [1.54, 1.807) is 4.90 Å². The zero-order valence-electron chi connectivity index (χ0n) is 9.65. The van der Waals surface area contributed by atoms with Crippen molar-refractivity contribution in [2.24, 2.45) is 0 Å².